The molecule has 1 atom stereocenters. The Morgan fingerprint density at radius 1 is 1.35 bits per heavy atom. The normalized spacial score (nSPS) is 18.1. The summed E-state index contributed by atoms with van der Waals surface area (Å²) >= 11 is 1.77. The summed E-state index contributed by atoms with van der Waals surface area (Å²) in [5, 5.41) is 5.59. The van der Waals surface area contributed by atoms with Gasteiger partial charge >= 0.3 is 0 Å². The SMILES string of the molecule is CNCC(C)C(=O)NCCS(=O)(=O)N1CCSCC1.Cl. The summed E-state index contributed by atoms with van der Waals surface area (Å²) < 4.78 is 25.6. The molecule has 6 nitrogen and oxygen atoms in total. The van der Waals surface area contributed by atoms with E-state index in [1.165, 1.54) is 4.31 Å². The van der Waals surface area contributed by atoms with Gasteiger partial charge in [0, 0.05) is 43.6 Å². The average molecular weight is 346 g/mol. The highest BCUT2D eigenvalue weighted by Crippen LogP contribution is 2.12. The summed E-state index contributed by atoms with van der Waals surface area (Å²) in [5.41, 5.74) is 0. The fourth-order valence-electron chi connectivity index (χ4n) is 1.83. The van der Waals surface area contributed by atoms with Gasteiger partial charge in [0.15, 0.2) is 0 Å². The highest BCUT2D eigenvalue weighted by atomic mass is 35.5. The number of carbonyl (C=O) groups is 1. The maximum absolute atomic E-state index is 12.0. The van der Waals surface area contributed by atoms with Crippen LogP contribution in [-0.4, -0.2) is 69.1 Å². The molecule has 1 rings (SSSR count). The molecule has 1 fully saturated rings. The molecule has 0 aromatic carbocycles. The molecule has 0 aromatic heterocycles. The zero-order valence-corrected chi connectivity index (χ0v) is 14.4. The van der Waals surface area contributed by atoms with E-state index >= 15 is 0 Å². The van der Waals surface area contributed by atoms with Crippen LogP contribution >= 0.6 is 24.2 Å². The van der Waals surface area contributed by atoms with Gasteiger partial charge in [0.25, 0.3) is 0 Å². The predicted octanol–water partition coefficient (Wildman–Crippen LogP) is -0.241. The van der Waals surface area contributed by atoms with Crippen molar-refractivity contribution in [3.8, 4) is 0 Å². The Bertz CT molecular complexity index is 386. The lowest BCUT2D eigenvalue weighted by atomic mass is 10.1. The maximum atomic E-state index is 12.0. The van der Waals surface area contributed by atoms with Gasteiger partial charge in [0.2, 0.25) is 15.9 Å². The van der Waals surface area contributed by atoms with Crippen LogP contribution in [0.3, 0.4) is 0 Å². The third-order valence-electron chi connectivity index (χ3n) is 2.98. The Morgan fingerprint density at radius 3 is 2.50 bits per heavy atom. The third kappa shape index (κ3) is 6.62. The van der Waals surface area contributed by atoms with E-state index in [0.717, 1.165) is 11.5 Å². The van der Waals surface area contributed by atoms with Crippen LogP contribution in [0.25, 0.3) is 0 Å². The molecule has 1 unspecified atom stereocenters. The summed E-state index contributed by atoms with van der Waals surface area (Å²) in [6.07, 6.45) is 0. The first-order chi connectivity index (χ1) is 8.97. The summed E-state index contributed by atoms with van der Waals surface area (Å²) in [6.45, 7) is 3.73. The van der Waals surface area contributed by atoms with Gasteiger partial charge in [0.05, 0.1) is 5.75 Å². The Morgan fingerprint density at radius 2 is 1.95 bits per heavy atom. The molecular formula is C11H24ClN3O3S2. The standard InChI is InChI=1S/C11H23N3O3S2.ClH/c1-10(9-12-2)11(15)13-3-8-19(16,17)14-4-6-18-7-5-14;/h10,12H,3-9H2,1-2H3,(H,13,15);1H. The second-order valence-corrected chi connectivity index (χ2v) is 7.89. The van der Waals surface area contributed by atoms with Crippen LogP contribution in [0.2, 0.25) is 0 Å². The van der Waals surface area contributed by atoms with Gasteiger partial charge in [-0.1, -0.05) is 6.92 Å². The van der Waals surface area contributed by atoms with Gasteiger partial charge < -0.3 is 10.6 Å². The third-order valence-corrected chi connectivity index (χ3v) is 5.80. The van der Waals surface area contributed by atoms with Crippen LogP contribution in [0.5, 0.6) is 0 Å². The van der Waals surface area contributed by atoms with Crippen LogP contribution < -0.4 is 10.6 Å². The molecule has 0 spiro atoms. The molecule has 0 radical (unpaired) electrons. The van der Waals surface area contributed by atoms with Crippen molar-refractivity contribution >= 4 is 40.1 Å². The number of thioether (sulfide) groups is 1. The molecule has 120 valence electrons. The molecule has 9 heteroatoms. The first kappa shape index (κ1) is 20.0. The minimum absolute atomic E-state index is 0. The minimum atomic E-state index is -3.23. The van der Waals surface area contributed by atoms with Crippen molar-refractivity contribution in [1.29, 1.82) is 0 Å². The van der Waals surface area contributed by atoms with E-state index in [4.69, 9.17) is 0 Å². The lowest BCUT2D eigenvalue weighted by Gasteiger charge is -2.25. The minimum Gasteiger partial charge on any atom is -0.355 e. The van der Waals surface area contributed by atoms with Crippen LogP contribution in [0.4, 0.5) is 0 Å². The monoisotopic (exact) mass is 345 g/mol. The number of hydrogen-bond acceptors (Lipinski definition) is 5. The highest BCUT2D eigenvalue weighted by Gasteiger charge is 2.24. The van der Waals surface area contributed by atoms with E-state index in [1.54, 1.807) is 18.8 Å². The summed E-state index contributed by atoms with van der Waals surface area (Å²) in [4.78, 5) is 11.6. The van der Waals surface area contributed by atoms with Gasteiger partial charge in [-0.05, 0) is 7.05 Å². The molecule has 0 aliphatic carbocycles. The fourth-order valence-corrected chi connectivity index (χ4v) is 4.32. The number of amides is 1. The van der Waals surface area contributed by atoms with E-state index in [-0.39, 0.29) is 36.5 Å². The lowest BCUT2D eigenvalue weighted by Crippen LogP contribution is -2.43. The van der Waals surface area contributed by atoms with Gasteiger partial charge in [0.1, 0.15) is 0 Å². The largest absolute Gasteiger partial charge is 0.355 e. The molecule has 20 heavy (non-hydrogen) atoms. The maximum Gasteiger partial charge on any atom is 0.224 e. The van der Waals surface area contributed by atoms with E-state index in [0.29, 0.717) is 19.6 Å². The van der Waals surface area contributed by atoms with E-state index in [1.807, 2.05) is 6.92 Å². The van der Waals surface area contributed by atoms with Crippen molar-refractivity contribution in [1.82, 2.24) is 14.9 Å². The zero-order chi connectivity index (χ0) is 14.3. The van der Waals surface area contributed by atoms with Crippen molar-refractivity contribution in [2.45, 2.75) is 6.92 Å². The predicted molar refractivity (Wildman–Crippen MR) is 86.0 cm³/mol. The van der Waals surface area contributed by atoms with Crippen LogP contribution in [0.1, 0.15) is 6.92 Å². The number of halogens is 1. The van der Waals surface area contributed by atoms with E-state index in [2.05, 4.69) is 10.6 Å². The zero-order valence-electron chi connectivity index (χ0n) is 11.9. The lowest BCUT2D eigenvalue weighted by molar-refractivity contribution is -0.124. The van der Waals surface area contributed by atoms with Crippen LogP contribution in [0, 0.1) is 5.92 Å². The molecular weight excluding hydrogens is 322 g/mol. The molecule has 1 aliphatic rings. The quantitative estimate of drug-likeness (QED) is 0.665. The number of sulfonamides is 1. The molecule has 0 aromatic rings. The second kappa shape index (κ2) is 9.83. The Kier molecular flexibility index (Phi) is 9.82. The number of carbonyl (C=O) groups excluding carboxylic acids is 1. The fraction of sp³-hybridized carbons (Fsp3) is 0.909. The van der Waals surface area contributed by atoms with Crippen molar-refractivity contribution in [3.63, 3.8) is 0 Å². The Labute approximate surface area is 131 Å². The van der Waals surface area contributed by atoms with Crippen LogP contribution in [-0.2, 0) is 14.8 Å². The molecule has 1 saturated heterocycles. The number of nitrogens with zero attached hydrogens (tertiary/aromatic N) is 1. The second-order valence-electron chi connectivity index (χ2n) is 4.58. The van der Waals surface area contributed by atoms with Gasteiger partial charge in [-0.15, -0.1) is 12.4 Å². The van der Waals surface area contributed by atoms with E-state index in [9.17, 15) is 13.2 Å². The topological polar surface area (TPSA) is 78.5 Å². The Balaban J connectivity index is 0.00000361. The molecule has 1 heterocycles. The van der Waals surface area contributed by atoms with Crippen LogP contribution in [0.15, 0.2) is 0 Å². The highest BCUT2D eigenvalue weighted by molar-refractivity contribution is 7.99. The van der Waals surface area contributed by atoms with Crippen molar-refractivity contribution in [2.24, 2.45) is 5.92 Å². The summed E-state index contributed by atoms with van der Waals surface area (Å²) in [6, 6.07) is 0. The Hall–Kier alpha value is -0.0200. The molecule has 2 N–H and O–H groups in total. The molecule has 1 aliphatic heterocycles. The van der Waals surface area contributed by atoms with Gasteiger partial charge in [-0.3, -0.25) is 4.79 Å². The van der Waals surface area contributed by atoms with Crippen molar-refractivity contribution in [3.05, 3.63) is 0 Å². The molecule has 0 saturated carbocycles. The number of hydrogen-bond donors (Lipinski definition) is 2. The smallest absolute Gasteiger partial charge is 0.224 e. The van der Waals surface area contributed by atoms with E-state index < -0.39 is 10.0 Å². The first-order valence-electron chi connectivity index (χ1n) is 6.45. The van der Waals surface area contributed by atoms with Gasteiger partial charge in [-0.2, -0.15) is 11.8 Å². The average Bonchev–Trinajstić information content (AvgIpc) is 2.39. The summed E-state index contributed by atoms with van der Waals surface area (Å²) in [7, 11) is -1.45. The number of rotatable bonds is 7. The number of nitrogens with one attached hydrogen (secondary N) is 2. The first-order valence-corrected chi connectivity index (χ1v) is 9.21. The van der Waals surface area contributed by atoms with Crippen molar-refractivity contribution in [2.75, 3.05) is 50.5 Å². The molecule has 0 bridgehead atoms. The van der Waals surface area contributed by atoms with Gasteiger partial charge in [-0.25, -0.2) is 12.7 Å². The molecule has 1 amide bonds. The van der Waals surface area contributed by atoms with Crippen molar-refractivity contribution < 1.29 is 13.2 Å². The summed E-state index contributed by atoms with van der Waals surface area (Å²) in [5.74, 6) is 1.42.